The standard InChI is InChI=1S/C18H15N3O5S2/c1-25-14-8-3-11(15(10-14)26-2)9-16-17(22)20(18(27)28-16)19-12-4-6-13(7-5-12)21(23)24/h3-10,19H,1-2H3/b16-9+. The van der Waals surface area contributed by atoms with Crippen LogP contribution in [-0.4, -0.2) is 34.4 Å². The molecule has 0 bridgehead atoms. The van der Waals surface area contributed by atoms with Gasteiger partial charge in [-0.3, -0.25) is 20.3 Å². The highest BCUT2D eigenvalue weighted by molar-refractivity contribution is 8.26. The Balaban J connectivity index is 1.81. The number of nitro groups is 1. The molecule has 1 aliphatic rings. The van der Waals surface area contributed by atoms with Crippen LogP contribution in [-0.2, 0) is 4.79 Å². The third-order valence-electron chi connectivity index (χ3n) is 3.84. The summed E-state index contributed by atoms with van der Waals surface area (Å²) in [5, 5.41) is 12.0. The van der Waals surface area contributed by atoms with Gasteiger partial charge in [0, 0.05) is 23.8 Å². The van der Waals surface area contributed by atoms with Gasteiger partial charge in [-0.1, -0.05) is 11.8 Å². The summed E-state index contributed by atoms with van der Waals surface area (Å²) in [6.45, 7) is 0. The zero-order valence-electron chi connectivity index (χ0n) is 14.9. The van der Waals surface area contributed by atoms with Gasteiger partial charge in [-0.2, -0.15) is 0 Å². The number of hydrogen-bond acceptors (Lipinski definition) is 8. The molecule has 2 aromatic carbocycles. The quantitative estimate of drug-likeness (QED) is 0.328. The summed E-state index contributed by atoms with van der Waals surface area (Å²) in [6.07, 6.45) is 1.69. The second-order valence-corrected chi connectivity index (χ2v) is 7.22. The molecule has 1 fully saturated rings. The zero-order chi connectivity index (χ0) is 20.3. The summed E-state index contributed by atoms with van der Waals surface area (Å²) < 4.78 is 10.8. The maximum Gasteiger partial charge on any atom is 0.285 e. The SMILES string of the molecule is COc1ccc(/C=C2/SC(=S)N(Nc3ccc([N+](=O)[O-])cc3)C2=O)c(OC)c1. The summed E-state index contributed by atoms with van der Waals surface area (Å²) in [5.41, 5.74) is 4.05. The van der Waals surface area contributed by atoms with Gasteiger partial charge in [0.15, 0.2) is 4.32 Å². The number of nitro benzene ring substituents is 1. The van der Waals surface area contributed by atoms with Crippen LogP contribution >= 0.6 is 24.0 Å². The highest BCUT2D eigenvalue weighted by Gasteiger charge is 2.32. The number of thioether (sulfide) groups is 1. The Morgan fingerprint density at radius 1 is 1.18 bits per heavy atom. The van der Waals surface area contributed by atoms with Gasteiger partial charge in [-0.05, 0) is 42.6 Å². The predicted octanol–water partition coefficient (Wildman–Crippen LogP) is 3.84. The first kappa shape index (κ1) is 19.6. The van der Waals surface area contributed by atoms with Gasteiger partial charge in [-0.15, -0.1) is 0 Å². The van der Waals surface area contributed by atoms with E-state index in [4.69, 9.17) is 21.7 Å². The minimum Gasteiger partial charge on any atom is -0.497 e. The molecule has 0 saturated carbocycles. The van der Waals surface area contributed by atoms with Crippen LogP contribution in [0.4, 0.5) is 11.4 Å². The number of hydrogen-bond donors (Lipinski definition) is 1. The molecule has 0 spiro atoms. The number of hydrazine groups is 1. The number of carbonyl (C=O) groups is 1. The highest BCUT2D eigenvalue weighted by Crippen LogP contribution is 2.35. The van der Waals surface area contributed by atoms with Crippen LogP contribution < -0.4 is 14.9 Å². The Kier molecular flexibility index (Phi) is 5.81. The van der Waals surface area contributed by atoms with Crippen molar-refractivity contribution in [3.8, 4) is 11.5 Å². The van der Waals surface area contributed by atoms with Crippen LogP contribution in [0.5, 0.6) is 11.5 Å². The molecule has 1 saturated heterocycles. The number of nitrogens with zero attached hydrogens (tertiary/aromatic N) is 2. The lowest BCUT2D eigenvalue weighted by Gasteiger charge is -2.16. The molecule has 2 aromatic rings. The van der Waals surface area contributed by atoms with Crippen molar-refractivity contribution in [2.45, 2.75) is 0 Å². The third-order valence-corrected chi connectivity index (χ3v) is 5.14. The Morgan fingerprint density at radius 2 is 1.89 bits per heavy atom. The summed E-state index contributed by atoms with van der Waals surface area (Å²) in [7, 11) is 3.09. The molecule has 1 heterocycles. The molecule has 10 heteroatoms. The maximum atomic E-state index is 12.7. The number of carbonyl (C=O) groups excluding carboxylic acids is 1. The lowest BCUT2D eigenvalue weighted by molar-refractivity contribution is -0.384. The molecule has 8 nitrogen and oxygen atoms in total. The molecule has 0 atom stereocenters. The molecular weight excluding hydrogens is 402 g/mol. The third kappa shape index (κ3) is 4.07. The first-order chi connectivity index (χ1) is 13.4. The van der Waals surface area contributed by atoms with Crippen molar-refractivity contribution in [3.05, 3.63) is 63.0 Å². The van der Waals surface area contributed by atoms with E-state index in [2.05, 4.69) is 5.43 Å². The topological polar surface area (TPSA) is 93.9 Å². The van der Waals surface area contributed by atoms with Gasteiger partial charge >= 0.3 is 0 Å². The molecule has 0 unspecified atom stereocenters. The summed E-state index contributed by atoms with van der Waals surface area (Å²) >= 11 is 6.43. The lowest BCUT2D eigenvalue weighted by Crippen LogP contribution is -2.33. The van der Waals surface area contributed by atoms with Crippen LogP contribution in [0.15, 0.2) is 47.4 Å². The van der Waals surface area contributed by atoms with E-state index in [0.717, 1.165) is 11.8 Å². The Labute approximate surface area is 170 Å². The van der Waals surface area contributed by atoms with Gasteiger partial charge in [0.05, 0.1) is 29.7 Å². The summed E-state index contributed by atoms with van der Waals surface area (Å²) in [4.78, 5) is 23.4. The monoisotopic (exact) mass is 417 g/mol. The van der Waals surface area contributed by atoms with Crippen molar-refractivity contribution in [1.82, 2.24) is 5.01 Å². The number of methoxy groups -OCH3 is 2. The van der Waals surface area contributed by atoms with Gasteiger partial charge in [0.2, 0.25) is 0 Å². The van der Waals surface area contributed by atoms with E-state index in [9.17, 15) is 14.9 Å². The Hall–Kier alpha value is -3.11. The van der Waals surface area contributed by atoms with Crippen molar-refractivity contribution < 1.29 is 19.2 Å². The maximum absolute atomic E-state index is 12.7. The second kappa shape index (κ2) is 8.28. The number of amides is 1. The van der Waals surface area contributed by atoms with Gasteiger partial charge < -0.3 is 9.47 Å². The molecule has 144 valence electrons. The van der Waals surface area contributed by atoms with E-state index in [1.807, 2.05) is 0 Å². The molecule has 3 rings (SSSR count). The fourth-order valence-corrected chi connectivity index (χ4v) is 3.60. The number of non-ortho nitro benzene ring substituents is 1. The number of anilines is 1. The van der Waals surface area contributed by atoms with Crippen molar-refractivity contribution >= 4 is 51.7 Å². The van der Waals surface area contributed by atoms with E-state index in [1.54, 1.807) is 31.4 Å². The highest BCUT2D eigenvalue weighted by atomic mass is 32.2. The minimum absolute atomic E-state index is 0.0394. The minimum atomic E-state index is -0.492. The molecule has 28 heavy (non-hydrogen) atoms. The number of nitrogens with one attached hydrogen (secondary N) is 1. The van der Waals surface area contributed by atoms with Crippen molar-refractivity contribution in [1.29, 1.82) is 0 Å². The number of benzene rings is 2. The number of ether oxygens (including phenoxy) is 2. The fraction of sp³-hybridized carbons (Fsp3) is 0.111. The van der Waals surface area contributed by atoms with Gasteiger partial charge in [0.1, 0.15) is 11.5 Å². The molecular formula is C18H15N3O5S2. The van der Waals surface area contributed by atoms with Crippen LogP contribution in [0, 0.1) is 10.1 Å². The molecule has 0 aliphatic carbocycles. The zero-order valence-corrected chi connectivity index (χ0v) is 16.5. The molecule has 1 aliphatic heterocycles. The van der Waals surface area contributed by atoms with Crippen LogP contribution in [0.25, 0.3) is 6.08 Å². The molecule has 0 aromatic heterocycles. The second-order valence-electron chi connectivity index (χ2n) is 5.54. The van der Waals surface area contributed by atoms with Crippen LogP contribution in [0.2, 0.25) is 0 Å². The van der Waals surface area contributed by atoms with E-state index in [1.165, 1.54) is 36.4 Å². The average molecular weight is 417 g/mol. The first-order valence-corrected chi connectivity index (χ1v) is 9.16. The predicted molar refractivity (Wildman–Crippen MR) is 111 cm³/mol. The number of rotatable bonds is 6. The normalized spacial score (nSPS) is 15.1. The first-order valence-electron chi connectivity index (χ1n) is 7.94. The van der Waals surface area contributed by atoms with Gasteiger partial charge in [0.25, 0.3) is 11.6 Å². The summed E-state index contributed by atoms with van der Waals surface area (Å²) in [6, 6.07) is 11.0. The van der Waals surface area contributed by atoms with E-state index < -0.39 is 4.92 Å². The summed E-state index contributed by atoms with van der Waals surface area (Å²) in [5.74, 6) is 0.876. The number of thiocarbonyl (C=S) groups is 1. The van der Waals surface area contributed by atoms with E-state index in [-0.39, 0.29) is 11.6 Å². The average Bonchev–Trinajstić information content (AvgIpc) is 2.96. The van der Waals surface area contributed by atoms with E-state index >= 15 is 0 Å². The largest absolute Gasteiger partial charge is 0.497 e. The van der Waals surface area contributed by atoms with Crippen molar-refractivity contribution in [2.24, 2.45) is 0 Å². The molecule has 0 radical (unpaired) electrons. The van der Waals surface area contributed by atoms with Crippen LogP contribution in [0.3, 0.4) is 0 Å². The molecule has 1 N–H and O–H groups in total. The van der Waals surface area contributed by atoms with Gasteiger partial charge in [-0.25, -0.2) is 5.01 Å². The van der Waals surface area contributed by atoms with Crippen molar-refractivity contribution in [3.63, 3.8) is 0 Å². The Morgan fingerprint density at radius 3 is 2.50 bits per heavy atom. The fourth-order valence-electron chi connectivity index (χ4n) is 2.43. The molecule has 1 amide bonds. The van der Waals surface area contributed by atoms with E-state index in [0.29, 0.717) is 32.0 Å². The van der Waals surface area contributed by atoms with Crippen LogP contribution in [0.1, 0.15) is 5.56 Å². The van der Waals surface area contributed by atoms with Crippen molar-refractivity contribution in [2.75, 3.05) is 19.6 Å². The lowest BCUT2D eigenvalue weighted by atomic mass is 10.1. The Bertz CT molecular complexity index is 976. The smallest absolute Gasteiger partial charge is 0.285 e.